The second-order valence-electron chi connectivity index (χ2n) is 5.97. The van der Waals surface area contributed by atoms with Gasteiger partial charge in [-0.25, -0.2) is 4.98 Å². The first kappa shape index (κ1) is 15.7. The summed E-state index contributed by atoms with van der Waals surface area (Å²) in [5.41, 5.74) is 2.49. The summed E-state index contributed by atoms with van der Waals surface area (Å²) in [6.07, 6.45) is 0. The van der Waals surface area contributed by atoms with E-state index >= 15 is 0 Å². The van der Waals surface area contributed by atoms with Crippen molar-refractivity contribution in [2.45, 2.75) is 23.1 Å². The molecule has 2 aromatic carbocycles. The topological polar surface area (TPSA) is 86.9 Å². The number of fused-ring (bicyclic) bond motifs is 2. The summed E-state index contributed by atoms with van der Waals surface area (Å²) in [7, 11) is 0. The number of benzene rings is 2. The van der Waals surface area contributed by atoms with E-state index < -0.39 is 4.75 Å². The van der Waals surface area contributed by atoms with Crippen molar-refractivity contribution in [1.82, 2.24) is 15.3 Å². The molecular weight excluding hydrogens is 336 g/mol. The molecule has 126 valence electrons. The minimum absolute atomic E-state index is 0.235. The van der Waals surface area contributed by atoms with Crippen LogP contribution in [-0.4, -0.2) is 26.5 Å². The SMILES string of the molecule is CC1(C(=O)NCc2nc3ccccc3[nH]2)Sc2ccccc2NC1=O. The van der Waals surface area contributed by atoms with Crippen LogP contribution in [0, 0.1) is 0 Å². The zero-order valence-electron chi connectivity index (χ0n) is 13.5. The molecule has 0 aliphatic carbocycles. The maximum Gasteiger partial charge on any atom is 0.250 e. The monoisotopic (exact) mass is 352 g/mol. The van der Waals surface area contributed by atoms with Gasteiger partial charge in [-0.3, -0.25) is 9.59 Å². The van der Waals surface area contributed by atoms with Crippen LogP contribution in [0.15, 0.2) is 53.4 Å². The summed E-state index contributed by atoms with van der Waals surface area (Å²) in [5.74, 6) is -0.0111. The lowest BCUT2D eigenvalue weighted by Gasteiger charge is -2.31. The average Bonchev–Trinajstić information content (AvgIpc) is 3.03. The third-order valence-corrected chi connectivity index (χ3v) is 5.53. The van der Waals surface area contributed by atoms with Gasteiger partial charge < -0.3 is 15.6 Å². The second-order valence-corrected chi connectivity index (χ2v) is 7.43. The highest BCUT2D eigenvalue weighted by Gasteiger charge is 2.45. The normalized spacial score (nSPS) is 19.3. The number of nitrogens with zero attached hydrogens (tertiary/aromatic N) is 1. The lowest BCUT2D eigenvalue weighted by Crippen LogP contribution is -2.51. The van der Waals surface area contributed by atoms with E-state index in [2.05, 4.69) is 20.6 Å². The van der Waals surface area contributed by atoms with E-state index in [4.69, 9.17) is 0 Å². The number of imidazole rings is 1. The molecule has 1 aliphatic rings. The van der Waals surface area contributed by atoms with Gasteiger partial charge >= 0.3 is 0 Å². The van der Waals surface area contributed by atoms with Gasteiger partial charge in [0.25, 0.3) is 0 Å². The minimum Gasteiger partial charge on any atom is -0.347 e. The van der Waals surface area contributed by atoms with Gasteiger partial charge in [-0.1, -0.05) is 36.0 Å². The van der Waals surface area contributed by atoms with Crippen molar-refractivity contribution in [2.24, 2.45) is 0 Å². The summed E-state index contributed by atoms with van der Waals surface area (Å²) in [6, 6.07) is 15.1. The van der Waals surface area contributed by atoms with Gasteiger partial charge in [0.05, 0.1) is 23.3 Å². The standard InChI is InChI=1S/C18H16N4O2S/c1-18(17(24)22-13-8-4-5-9-14(13)25-18)16(23)19-10-15-20-11-6-2-3-7-12(11)21-15/h2-9H,10H2,1H3,(H,19,23)(H,20,21)(H,22,24). The van der Waals surface area contributed by atoms with Crippen LogP contribution in [0.25, 0.3) is 11.0 Å². The molecule has 0 fully saturated rings. The molecule has 0 radical (unpaired) electrons. The number of anilines is 1. The van der Waals surface area contributed by atoms with E-state index in [0.29, 0.717) is 5.82 Å². The van der Waals surface area contributed by atoms with Crippen LogP contribution in [0.4, 0.5) is 5.69 Å². The first-order valence-electron chi connectivity index (χ1n) is 7.88. The van der Waals surface area contributed by atoms with Gasteiger partial charge in [-0.15, -0.1) is 0 Å². The number of carbonyl (C=O) groups excluding carboxylic acids is 2. The van der Waals surface area contributed by atoms with Crippen molar-refractivity contribution >= 4 is 40.3 Å². The predicted molar refractivity (Wildman–Crippen MR) is 97.3 cm³/mol. The van der Waals surface area contributed by atoms with Crippen molar-refractivity contribution in [3.63, 3.8) is 0 Å². The molecule has 1 aliphatic heterocycles. The maximum atomic E-state index is 12.7. The molecule has 3 N–H and O–H groups in total. The first-order valence-corrected chi connectivity index (χ1v) is 8.69. The number of thioether (sulfide) groups is 1. The number of aromatic nitrogens is 2. The van der Waals surface area contributed by atoms with E-state index in [1.807, 2.05) is 48.5 Å². The number of rotatable bonds is 3. The molecule has 0 bridgehead atoms. The largest absolute Gasteiger partial charge is 0.347 e. The molecule has 4 rings (SSSR count). The van der Waals surface area contributed by atoms with Crippen molar-refractivity contribution in [3.8, 4) is 0 Å². The van der Waals surface area contributed by atoms with Crippen LogP contribution < -0.4 is 10.6 Å². The fraction of sp³-hybridized carbons (Fsp3) is 0.167. The Kier molecular flexibility index (Phi) is 3.73. The number of H-pyrrole nitrogens is 1. The summed E-state index contributed by atoms with van der Waals surface area (Å²) in [6.45, 7) is 1.87. The third kappa shape index (κ3) is 2.76. The molecule has 3 aromatic rings. The van der Waals surface area contributed by atoms with E-state index in [0.717, 1.165) is 21.6 Å². The second kappa shape index (κ2) is 5.93. The van der Waals surface area contributed by atoms with E-state index in [9.17, 15) is 9.59 Å². The number of amides is 2. The molecule has 1 unspecified atom stereocenters. The summed E-state index contributed by atoms with van der Waals surface area (Å²) < 4.78 is -1.22. The summed E-state index contributed by atoms with van der Waals surface area (Å²) in [5, 5.41) is 5.62. The van der Waals surface area contributed by atoms with Crippen LogP contribution in [-0.2, 0) is 16.1 Å². The molecule has 1 aromatic heterocycles. The Morgan fingerprint density at radius 2 is 1.96 bits per heavy atom. The average molecular weight is 352 g/mol. The number of aromatic amines is 1. The lowest BCUT2D eigenvalue weighted by atomic mass is 10.1. The number of hydrogen-bond acceptors (Lipinski definition) is 4. The number of nitrogens with one attached hydrogen (secondary N) is 3. The number of para-hydroxylation sites is 3. The van der Waals surface area contributed by atoms with Gasteiger partial charge in [0.2, 0.25) is 11.8 Å². The Labute approximate surface area is 148 Å². The third-order valence-electron chi connectivity index (χ3n) is 4.17. The van der Waals surface area contributed by atoms with E-state index in [1.165, 1.54) is 11.8 Å². The number of carbonyl (C=O) groups is 2. The Morgan fingerprint density at radius 1 is 1.20 bits per heavy atom. The van der Waals surface area contributed by atoms with E-state index in [1.54, 1.807) is 6.92 Å². The number of hydrogen-bond donors (Lipinski definition) is 3. The zero-order chi connectivity index (χ0) is 17.4. The van der Waals surface area contributed by atoms with E-state index in [-0.39, 0.29) is 18.4 Å². The molecule has 0 spiro atoms. The summed E-state index contributed by atoms with van der Waals surface area (Å²) in [4.78, 5) is 33.6. The molecule has 1 atom stereocenters. The van der Waals surface area contributed by atoms with Crippen LogP contribution in [0.3, 0.4) is 0 Å². The summed E-state index contributed by atoms with van der Waals surface area (Å²) >= 11 is 1.26. The molecule has 0 saturated carbocycles. The predicted octanol–water partition coefficient (Wildman–Crippen LogP) is 2.68. The lowest BCUT2D eigenvalue weighted by molar-refractivity contribution is -0.130. The van der Waals surface area contributed by atoms with Crippen molar-refractivity contribution in [2.75, 3.05) is 5.32 Å². The molecule has 0 saturated heterocycles. The molecule has 25 heavy (non-hydrogen) atoms. The Balaban J connectivity index is 1.51. The maximum absolute atomic E-state index is 12.7. The van der Waals surface area contributed by atoms with Gasteiger partial charge in [0.15, 0.2) is 4.75 Å². The van der Waals surface area contributed by atoms with Gasteiger partial charge in [-0.05, 0) is 31.2 Å². The molecule has 7 heteroatoms. The smallest absolute Gasteiger partial charge is 0.250 e. The fourth-order valence-corrected chi connectivity index (χ4v) is 3.86. The zero-order valence-corrected chi connectivity index (χ0v) is 14.3. The highest BCUT2D eigenvalue weighted by atomic mass is 32.2. The van der Waals surface area contributed by atoms with Crippen molar-refractivity contribution in [1.29, 1.82) is 0 Å². The van der Waals surface area contributed by atoms with Crippen molar-refractivity contribution < 1.29 is 9.59 Å². The van der Waals surface area contributed by atoms with Gasteiger partial charge in [-0.2, -0.15) is 0 Å². The van der Waals surface area contributed by atoms with Crippen LogP contribution in [0.2, 0.25) is 0 Å². The highest BCUT2D eigenvalue weighted by Crippen LogP contribution is 2.42. The van der Waals surface area contributed by atoms with Crippen molar-refractivity contribution in [3.05, 3.63) is 54.4 Å². The van der Waals surface area contributed by atoms with Crippen LogP contribution >= 0.6 is 11.8 Å². The van der Waals surface area contributed by atoms with Gasteiger partial charge in [0, 0.05) is 4.90 Å². The molecular formula is C18H16N4O2S. The molecule has 2 heterocycles. The van der Waals surface area contributed by atoms with Crippen LogP contribution in [0.5, 0.6) is 0 Å². The highest BCUT2D eigenvalue weighted by molar-refractivity contribution is 8.02. The Morgan fingerprint density at radius 3 is 2.80 bits per heavy atom. The van der Waals surface area contributed by atoms with Gasteiger partial charge in [0.1, 0.15) is 5.82 Å². The molecule has 2 amide bonds. The molecule has 6 nitrogen and oxygen atoms in total. The first-order chi connectivity index (χ1) is 12.1. The fourth-order valence-electron chi connectivity index (χ4n) is 2.74. The quantitative estimate of drug-likeness (QED) is 0.633. The minimum atomic E-state index is -1.22. The Bertz CT molecular complexity index is 951. The van der Waals surface area contributed by atoms with Crippen LogP contribution in [0.1, 0.15) is 12.7 Å². The Hall–Kier alpha value is -2.80.